The Morgan fingerprint density at radius 3 is 2.04 bits per heavy atom. The van der Waals surface area contributed by atoms with Crippen molar-refractivity contribution in [3.05, 3.63) is 64.7 Å². The summed E-state index contributed by atoms with van der Waals surface area (Å²) >= 11 is 0. The minimum absolute atomic E-state index is 0.110. The topological polar surface area (TPSA) is 66.8 Å². The van der Waals surface area contributed by atoms with Crippen molar-refractivity contribution in [3.8, 4) is 5.75 Å². The van der Waals surface area contributed by atoms with Crippen molar-refractivity contribution < 1.29 is 37.3 Å². The molecule has 4 nitrogen and oxygen atoms in total. The van der Waals surface area contributed by atoms with Gasteiger partial charge in [0.1, 0.15) is 6.10 Å². The molecule has 0 aliphatic rings. The Labute approximate surface area is 146 Å². The van der Waals surface area contributed by atoms with E-state index in [-0.39, 0.29) is 12.8 Å². The van der Waals surface area contributed by atoms with Crippen LogP contribution in [0.3, 0.4) is 0 Å². The number of benzene rings is 2. The molecule has 0 radical (unpaired) electrons. The maximum absolute atomic E-state index is 13.9. The molecule has 0 bridgehead atoms. The smallest absolute Gasteiger partial charge is 0.204 e. The molecule has 2 rings (SSSR count). The Balaban J connectivity index is 2.22. The molecule has 0 aromatic heterocycles. The number of aliphatic hydroxyl groups excluding tert-OH is 2. The molecule has 0 heterocycles. The Hall–Kier alpha value is -2.45. The van der Waals surface area contributed by atoms with Crippen LogP contribution in [-0.2, 0) is 6.42 Å². The Morgan fingerprint density at radius 2 is 1.54 bits per heavy atom. The Kier molecular flexibility index (Phi) is 6.33. The summed E-state index contributed by atoms with van der Waals surface area (Å²) < 4.78 is 59.5. The lowest BCUT2D eigenvalue weighted by molar-refractivity contribution is 0.0172. The van der Waals surface area contributed by atoms with Crippen molar-refractivity contribution in [3.63, 3.8) is 0 Å². The van der Waals surface area contributed by atoms with Crippen molar-refractivity contribution >= 4 is 5.78 Å². The number of aryl methyl sites for hydroxylation is 1. The monoisotopic (exact) mass is 372 g/mol. The van der Waals surface area contributed by atoms with Gasteiger partial charge in [0, 0.05) is 0 Å². The molecule has 2 atom stereocenters. The van der Waals surface area contributed by atoms with Gasteiger partial charge in [-0.3, -0.25) is 4.79 Å². The van der Waals surface area contributed by atoms with Crippen LogP contribution >= 0.6 is 0 Å². The minimum Gasteiger partial charge on any atom is -0.491 e. The number of aliphatic hydroxyl groups is 2. The summed E-state index contributed by atoms with van der Waals surface area (Å²) in [6.45, 7) is 0. The number of Topliss-reactive ketones (excluding diaryl/α,β-unsaturated/α-hetero) is 1. The third-order valence-electron chi connectivity index (χ3n) is 3.88. The predicted octanol–water partition coefficient (Wildman–Crippen LogP) is 2.79. The van der Waals surface area contributed by atoms with Gasteiger partial charge in [-0.05, 0) is 18.4 Å². The number of ketones is 1. The summed E-state index contributed by atoms with van der Waals surface area (Å²) in [4.78, 5) is 12.1. The van der Waals surface area contributed by atoms with Gasteiger partial charge in [0.15, 0.2) is 23.2 Å². The molecule has 0 saturated carbocycles. The minimum atomic E-state index is -2.25. The standard InChI is InChI=1S/C18H16F4O4/c1-26-18-14(21)12(19)11(13(20)15(18)22)17(25)16(24)10(23)8-7-9-5-3-2-4-6-9/h2-6,10,16,23-24H,7-8H2,1H3/t10-,16+/m1/s1. The lowest BCUT2D eigenvalue weighted by Gasteiger charge is -2.18. The fourth-order valence-electron chi connectivity index (χ4n) is 2.45. The highest BCUT2D eigenvalue weighted by Crippen LogP contribution is 2.30. The number of rotatable bonds is 7. The second-order valence-electron chi connectivity index (χ2n) is 5.56. The fourth-order valence-corrected chi connectivity index (χ4v) is 2.45. The summed E-state index contributed by atoms with van der Waals surface area (Å²) in [7, 11) is 0.796. The molecule has 2 N–H and O–H groups in total. The molecule has 2 aromatic carbocycles. The van der Waals surface area contributed by atoms with Gasteiger partial charge in [-0.15, -0.1) is 0 Å². The van der Waals surface area contributed by atoms with Crippen LogP contribution in [0.25, 0.3) is 0 Å². The van der Waals surface area contributed by atoms with Crippen molar-refractivity contribution in [1.29, 1.82) is 0 Å². The van der Waals surface area contributed by atoms with Crippen molar-refractivity contribution in [2.75, 3.05) is 7.11 Å². The molecule has 0 spiro atoms. The molecule has 0 aliphatic heterocycles. The van der Waals surface area contributed by atoms with Crippen LogP contribution in [0.15, 0.2) is 30.3 Å². The average molecular weight is 372 g/mol. The van der Waals surface area contributed by atoms with Gasteiger partial charge in [0.25, 0.3) is 0 Å². The number of ether oxygens (including phenoxy) is 1. The quantitative estimate of drug-likeness (QED) is 0.446. The molecular formula is C18H16F4O4. The van der Waals surface area contributed by atoms with Crippen molar-refractivity contribution in [2.24, 2.45) is 0 Å². The molecule has 8 heteroatoms. The van der Waals surface area contributed by atoms with E-state index in [2.05, 4.69) is 4.74 Å². The van der Waals surface area contributed by atoms with Crippen molar-refractivity contribution in [2.45, 2.75) is 25.0 Å². The number of hydrogen-bond acceptors (Lipinski definition) is 4. The van der Waals surface area contributed by atoms with Gasteiger partial charge < -0.3 is 14.9 Å². The molecule has 0 saturated heterocycles. The summed E-state index contributed by atoms with van der Waals surface area (Å²) in [5.74, 6) is -10.8. The van der Waals surface area contributed by atoms with Gasteiger partial charge in [-0.25, -0.2) is 8.78 Å². The van der Waals surface area contributed by atoms with Gasteiger partial charge in [0.05, 0.1) is 18.8 Å². The fraction of sp³-hybridized carbons (Fsp3) is 0.278. The summed E-state index contributed by atoms with van der Waals surface area (Å²) in [6.07, 6.45) is -3.78. The first-order chi connectivity index (χ1) is 12.3. The zero-order valence-electron chi connectivity index (χ0n) is 13.7. The maximum atomic E-state index is 13.9. The van der Waals surface area contributed by atoms with Crippen LogP contribution in [-0.4, -0.2) is 35.3 Å². The highest BCUT2D eigenvalue weighted by molar-refractivity contribution is 6.00. The summed E-state index contributed by atoms with van der Waals surface area (Å²) in [5, 5.41) is 19.8. The Morgan fingerprint density at radius 1 is 1.00 bits per heavy atom. The van der Waals surface area contributed by atoms with Crippen LogP contribution in [0.2, 0.25) is 0 Å². The van der Waals surface area contributed by atoms with E-state index in [1.807, 2.05) is 0 Å². The molecule has 0 amide bonds. The van der Waals surface area contributed by atoms with Crippen LogP contribution < -0.4 is 4.74 Å². The van der Waals surface area contributed by atoms with E-state index in [0.717, 1.165) is 12.7 Å². The van der Waals surface area contributed by atoms with Crippen LogP contribution in [0.4, 0.5) is 17.6 Å². The highest BCUT2D eigenvalue weighted by Gasteiger charge is 2.35. The van der Waals surface area contributed by atoms with E-state index in [1.54, 1.807) is 30.3 Å². The molecule has 0 fully saturated rings. The molecule has 140 valence electrons. The largest absolute Gasteiger partial charge is 0.491 e. The normalized spacial score (nSPS) is 13.3. The number of carbonyl (C=O) groups excluding carboxylic acids is 1. The lowest BCUT2D eigenvalue weighted by atomic mass is 9.96. The van der Waals surface area contributed by atoms with Crippen LogP contribution in [0, 0.1) is 23.3 Å². The zero-order valence-corrected chi connectivity index (χ0v) is 13.7. The number of carbonyl (C=O) groups is 1. The summed E-state index contributed by atoms with van der Waals surface area (Å²) in [5.41, 5.74) is -0.808. The third-order valence-corrected chi connectivity index (χ3v) is 3.88. The number of hydrogen-bond donors (Lipinski definition) is 2. The van der Waals surface area contributed by atoms with E-state index in [9.17, 15) is 32.6 Å². The molecule has 2 aromatic rings. The molecular weight excluding hydrogens is 356 g/mol. The first-order valence-electron chi connectivity index (χ1n) is 7.63. The first-order valence-corrected chi connectivity index (χ1v) is 7.63. The molecule has 0 unspecified atom stereocenters. The van der Waals surface area contributed by atoms with E-state index in [1.165, 1.54) is 0 Å². The van der Waals surface area contributed by atoms with Crippen LogP contribution in [0.5, 0.6) is 5.75 Å². The van der Waals surface area contributed by atoms with Gasteiger partial charge in [-0.1, -0.05) is 30.3 Å². The Bertz CT molecular complexity index is 767. The second-order valence-corrected chi connectivity index (χ2v) is 5.56. The van der Waals surface area contributed by atoms with E-state index in [0.29, 0.717) is 0 Å². The van der Waals surface area contributed by atoms with E-state index >= 15 is 0 Å². The predicted molar refractivity (Wildman–Crippen MR) is 83.9 cm³/mol. The third kappa shape index (κ3) is 3.86. The maximum Gasteiger partial charge on any atom is 0.204 e. The molecule has 26 heavy (non-hydrogen) atoms. The van der Waals surface area contributed by atoms with Gasteiger partial charge >= 0.3 is 0 Å². The second kappa shape index (κ2) is 8.29. The van der Waals surface area contributed by atoms with Gasteiger partial charge in [0.2, 0.25) is 11.6 Å². The average Bonchev–Trinajstić information content (AvgIpc) is 2.65. The van der Waals surface area contributed by atoms with Gasteiger partial charge in [-0.2, -0.15) is 8.78 Å². The summed E-state index contributed by atoms with van der Waals surface area (Å²) in [6, 6.07) is 8.76. The number of methoxy groups -OCH3 is 1. The van der Waals surface area contributed by atoms with E-state index < -0.39 is 52.6 Å². The van der Waals surface area contributed by atoms with Crippen molar-refractivity contribution in [1.82, 2.24) is 0 Å². The highest BCUT2D eigenvalue weighted by atomic mass is 19.2. The van der Waals surface area contributed by atoms with Crippen LogP contribution in [0.1, 0.15) is 22.3 Å². The lowest BCUT2D eigenvalue weighted by Crippen LogP contribution is -2.35. The number of halogens is 4. The molecule has 0 aliphatic carbocycles. The SMILES string of the molecule is COc1c(F)c(F)c(C(=O)[C@@H](O)[C@H](O)CCc2ccccc2)c(F)c1F. The van der Waals surface area contributed by atoms with E-state index in [4.69, 9.17) is 0 Å². The first kappa shape index (κ1) is 19.9. The zero-order chi connectivity index (χ0) is 19.4.